The van der Waals surface area contributed by atoms with Gasteiger partial charge in [-0.1, -0.05) is 24.3 Å². The fraction of sp³-hybridized carbons (Fsp3) is 0.400. The van der Waals surface area contributed by atoms with Crippen molar-refractivity contribution < 1.29 is 4.74 Å². The van der Waals surface area contributed by atoms with Crippen molar-refractivity contribution in [1.82, 2.24) is 0 Å². The summed E-state index contributed by atoms with van der Waals surface area (Å²) in [6.07, 6.45) is 0.952. The SMILES string of the molecule is COCc1ccc(CCN)cc1. The average molecular weight is 165 g/mol. The van der Waals surface area contributed by atoms with Gasteiger partial charge in [-0.05, 0) is 24.1 Å². The summed E-state index contributed by atoms with van der Waals surface area (Å²) in [6.45, 7) is 1.40. The molecule has 1 aromatic rings. The quantitative estimate of drug-likeness (QED) is 0.730. The molecule has 0 spiro atoms. The van der Waals surface area contributed by atoms with Crippen LogP contribution < -0.4 is 5.73 Å². The zero-order valence-corrected chi connectivity index (χ0v) is 7.42. The second kappa shape index (κ2) is 4.91. The van der Waals surface area contributed by atoms with Crippen LogP contribution in [0.3, 0.4) is 0 Å². The third kappa shape index (κ3) is 2.64. The number of rotatable bonds is 4. The van der Waals surface area contributed by atoms with Gasteiger partial charge in [-0.3, -0.25) is 0 Å². The van der Waals surface area contributed by atoms with Gasteiger partial charge in [-0.25, -0.2) is 0 Å². The van der Waals surface area contributed by atoms with E-state index in [2.05, 4.69) is 24.3 Å². The fourth-order valence-corrected chi connectivity index (χ4v) is 1.14. The molecule has 0 bridgehead atoms. The molecule has 12 heavy (non-hydrogen) atoms. The average Bonchev–Trinajstić information content (AvgIpc) is 2.09. The molecule has 0 aliphatic heterocycles. The molecule has 0 aliphatic rings. The second-order valence-electron chi connectivity index (χ2n) is 2.79. The van der Waals surface area contributed by atoms with Crippen LogP contribution in [0.1, 0.15) is 11.1 Å². The van der Waals surface area contributed by atoms with Gasteiger partial charge in [0.15, 0.2) is 0 Å². The summed E-state index contributed by atoms with van der Waals surface area (Å²) in [6, 6.07) is 8.35. The Morgan fingerprint density at radius 2 is 1.75 bits per heavy atom. The number of benzene rings is 1. The molecule has 1 aromatic carbocycles. The molecule has 0 aliphatic carbocycles. The van der Waals surface area contributed by atoms with Crippen LogP contribution in [0.2, 0.25) is 0 Å². The first-order chi connectivity index (χ1) is 5.86. The van der Waals surface area contributed by atoms with Crippen LogP contribution in [-0.4, -0.2) is 13.7 Å². The molecule has 2 heteroatoms. The van der Waals surface area contributed by atoms with Crippen LogP contribution in [0.15, 0.2) is 24.3 Å². The standard InChI is InChI=1S/C10H15NO/c1-12-8-10-4-2-9(3-5-10)6-7-11/h2-5H,6-8,11H2,1H3. The number of hydrogen-bond donors (Lipinski definition) is 1. The van der Waals surface area contributed by atoms with Crippen LogP contribution in [0.4, 0.5) is 0 Å². The van der Waals surface area contributed by atoms with Gasteiger partial charge in [0.1, 0.15) is 0 Å². The maximum atomic E-state index is 5.43. The van der Waals surface area contributed by atoms with E-state index in [1.54, 1.807) is 7.11 Å². The summed E-state index contributed by atoms with van der Waals surface area (Å²) in [5.41, 5.74) is 7.93. The van der Waals surface area contributed by atoms with E-state index in [-0.39, 0.29) is 0 Å². The molecule has 0 amide bonds. The summed E-state index contributed by atoms with van der Waals surface area (Å²) >= 11 is 0. The lowest BCUT2D eigenvalue weighted by Crippen LogP contribution is -2.02. The summed E-state index contributed by atoms with van der Waals surface area (Å²) < 4.78 is 5.00. The first-order valence-electron chi connectivity index (χ1n) is 4.13. The Hall–Kier alpha value is -0.860. The second-order valence-corrected chi connectivity index (χ2v) is 2.79. The van der Waals surface area contributed by atoms with E-state index in [9.17, 15) is 0 Å². The summed E-state index contributed by atoms with van der Waals surface area (Å²) in [5, 5.41) is 0. The number of ether oxygens (including phenoxy) is 1. The molecule has 0 unspecified atom stereocenters. The van der Waals surface area contributed by atoms with Gasteiger partial charge in [-0.2, -0.15) is 0 Å². The van der Waals surface area contributed by atoms with Crippen LogP contribution in [-0.2, 0) is 17.8 Å². The summed E-state index contributed by atoms with van der Waals surface area (Å²) in [4.78, 5) is 0. The molecular formula is C10H15NO. The minimum atomic E-state index is 0.683. The van der Waals surface area contributed by atoms with Gasteiger partial charge in [0.05, 0.1) is 6.61 Å². The first-order valence-corrected chi connectivity index (χ1v) is 4.13. The molecule has 0 radical (unpaired) electrons. The van der Waals surface area contributed by atoms with Crippen LogP contribution >= 0.6 is 0 Å². The lowest BCUT2D eigenvalue weighted by Gasteiger charge is -2.01. The minimum Gasteiger partial charge on any atom is -0.380 e. The molecule has 0 fully saturated rings. The van der Waals surface area contributed by atoms with E-state index in [4.69, 9.17) is 10.5 Å². The molecular weight excluding hydrogens is 150 g/mol. The van der Waals surface area contributed by atoms with Crippen LogP contribution in [0.25, 0.3) is 0 Å². The maximum absolute atomic E-state index is 5.43. The Labute approximate surface area is 73.3 Å². The van der Waals surface area contributed by atoms with Crippen molar-refractivity contribution in [3.05, 3.63) is 35.4 Å². The van der Waals surface area contributed by atoms with Crippen molar-refractivity contribution in [3.8, 4) is 0 Å². The topological polar surface area (TPSA) is 35.2 Å². The molecule has 0 heterocycles. The van der Waals surface area contributed by atoms with Crippen LogP contribution in [0, 0.1) is 0 Å². The van der Waals surface area contributed by atoms with Gasteiger partial charge in [0.25, 0.3) is 0 Å². The lowest BCUT2D eigenvalue weighted by atomic mass is 10.1. The van der Waals surface area contributed by atoms with E-state index in [0.717, 1.165) is 6.42 Å². The van der Waals surface area contributed by atoms with E-state index < -0.39 is 0 Å². The van der Waals surface area contributed by atoms with Crippen molar-refractivity contribution in [2.75, 3.05) is 13.7 Å². The number of methoxy groups -OCH3 is 1. The maximum Gasteiger partial charge on any atom is 0.0713 e. The molecule has 66 valence electrons. The van der Waals surface area contributed by atoms with Crippen molar-refractivity contribution in [1.29, 1.82) is 0 Å². The highest BCUT2D eigenvalue weighted by Gasteiger charge is 1.92. The molecule has 2 N–H and O–H groups in total. The highest BCUT2D eigenvalue weighted by Crippen LogP contribution is 2.05. The van der Waals surface area contributed by atoms with Gasteiger partial charge >= 0.3 is 0 Å². The van der Waals surface area contributed by atoms with Gasteiger partial charge < -0.3 is 10.5 Å². The van der Waals surface area contributed by atoms with Crippen molar-refractivity contribution >= 4 is 0 Å². The highest BCUT2D eigenvalue weighted by atomic mass is 16.5. The highest BCUT2D eigenvalue weighted by molar-refractivity contribution is 5.22. The zero-order valence-electron chi connectivity index (χ0n) is 7.42. The third-order valence-electron chi connectivity index (χ3n) is 1.77. The van der Waals surface area contributed by atoms with E-state index >= 15 is 0 Å². The Bertz CT molecular complexity index is 193. The largest absolute Gasteiger partial charge is 0.380 e. The number of nitrogens with two attached hydrogens (primary N) is 1. The Kier molecular flexibility index (Phi) is 3.77. The molecule has 0 saturated carbocycles. The van der Waals surface area contributed by atoms with Gasteiger partial charge in [-0.15, -0.1) is 0 Å². The van der Waals surface area contributed by atoms with E-state index in [1.807, 2.05) is 0 Å². The normalized spacial score (nSPS) is 10.2. The van der Waals surface area contributed by atoms with E-state index in [0.29, 0.717) is 13.2 Å². The van der Waals surface area contributed by atoms with Crippen molar-refractivity contribution in [2.24, 2.45) is 5.73 Å². The minimum absolute atomic E-state index is 0.683. The Morgan fingerprint density at radius 3 is 2.25 bits per heavy atom. The number of hydrogen-bond acceptors (Lipinski definition) is 2. The summed E-state index contributed by atoms with van der Waals surface area (Å²) in [7, 11) is 1.70. The molecule has 0 aromatic heterocycles. The lowest BCUT2D eigenvalue weighted by molar-refractivity contribution is 0.185. The van der Waals surface area contributed by atoms with Crippen molar-refractivity contribution in [3.63, 3.8) is 0 Å². The monoisotopic (exact) mass is 165 g/mol. The van der Waals surface area contributed by atoms with Crippen LogP contribution in [0.5, 0.6) is 0 Å². The van der Waals surface area contributed by atoms with Gasteiger partial charge in [0.2, 0.25) is 0 Å². The predicted molar refractivity (Wildman–Crippen MR) is 49.9 cm³/mol. The molecule has 1 rings (SSSR count). The van der Waals surface area contributed by atoms with E-state index in [1.165, 1.54) is 11.1 Å². The predicted octanol–water partition coefficient (Wildman–Crippen LogP) is 1.33. The fourth-order valence-electron chi connectivity index (χ4n) is 1.14. The summed E-state index contributed by atoms with van der Waals surface area (Å²) in [5.74, 6) is 0. The first kappa shape index (κ1) is 9.23. The molecule has 2 nitrogen and oxygen atoms in total. The van der Waals surface area contributed by atoms with Crippen molar-refractivity contribution in [2.45, 2.75) is 13.0 Å². The Morgan fingerprint density at radius 1 is 1.17 bits per heavy atom. The zero-order chi connectivity index (χ0) is 8.81. The molecule has 0 saturated heterocycles. The molecule has 0 atom stereocenters. The Balaban J connectivity index is 2.58. The van der Waals surface area contributed by atoms with Gasteiger partial charge in [0, 0.05) is 7.11 Å². The smallest absolute Gasteiger partial charge is 0.0713 e. The third-order valence-corrected chi connectivity index (χ3v) is 1.77.